The van der Waals surface area contributed by atoms with Gasteiger partial charge in [0.25, 0.3) is 0 Å². The highest BCUT2D eigenvalue weighted by atomic mass is 19.2. The molecule has 0 aromatic heterocycles. The molecule has 0 saturated carbocycles. The summed E-state index contributed by atoms with van der Waals surface area (Å²) in [5.41, 5.74) is 1.36. The lowest BCUT2D eigenvalue weighted by molar-refractivity contribution is 0.192. The van der Waals surface area contributed by atoms with Gasteiger partial charge in [0.1, 0.15) is 19.0 Å². The first kappa shape index (κ1) is 21.5. The van der Waals surface area contributed by atoms with E-state index in [0.717, 1.165) is 5.56 Å². The Hall–Kier alpha value is -3.25. The van der Waals surface area contributed by atoms with E-state index in [0.29, 0.717) is 11.3 Å². The van der Waals surface area contributed by atoms with Crippen LogP contribution in [-0.4, -0.2) is 11.7 Å². The smallest absolute Gasteiger partial charge is 0.165 e. The van der Waals surface area contributed by atoms with Gasteiger partial charge in [-0.05, 0) is 42.3 Å². The number of benzene rings is 3. The number of halogens is 3. The summed E-state index contributed by atoms with van der Waals surface area (Å²) in [4.78, 5) is 0. The molecule has 0 radical (unpaired) electrons. The van der Waals surface area contributed by atoms with E-state index in [1.165, 1.54) is 31.2 Å². The predicted molar refractivity (Wildman–Crippen MR) is 109 cm³/mol. The fraction of sp³-hybridized carbons (Fsp3) is 0.167. The summed E-state index contributed by atoms with van der Waals surface area (Å²) in [6, 6.07) is 14.2. The third kappa shape index (κ3) is 4.83. The molecule has 6 heteroatoms. The van der Waals surface area contributed by atoms with Gasteiger partial charge in [0, 0.05) is 11.1 Å². The van der Waals surface area contributed by atoms with Gasteiger partial charge in [-0.25, -0.2) is 13.2 Å². The highest BCUT2D eigenvalue weighted by molar-refractivity contribution is 5.65. The van der Waals surface area contributed by atoms with Crippen molar-refractivity contribution in [1.29, 1.82) is 0 Å². The molecule has 3 rings (SSSR count). The second-order valence-electron chi connectivity index (χ2n) is 6.68. The van der Waals surface area contributed by atoms with E-state index < -0.39 is 23.6 Å². The standard InChI is InChI=1S/C24H21F3O3/c1-3-12-29-22-11-7-17(13-21(22)25)16-4-8-19(9-5-16)30-14-18-6-10-20(15(2)28)24(27)23(18)26/h3-11,13,15,28H,1,12,14H2,2H3. The van der Waals surface area contributed by atoms with Crippen LogP contribution in [0.1, 0.15) is 24.2 Å². The average molecular weight is 414 g/mol. The molecular formula is C24H21F3O3. The summed E-state index contributed by atoms with van der Waals surface area (Å²) in [6.45, 7) is 4.93. The molecule has 3 aromatic rings. The zero-order valence-electron chi connectivity index (χ0n) is 16.4. The number of hydrogen-bond donors (Lipinski definition) is 1. The lowest BCUT2D eigenvalue weighted by atomic mass is 10.1. The molecule has 0 spiro atoms. The second kappa shape index (κ2) is 9.50. The van der Waals surface area contributed by atoms with Crippen LogP contribution in [0.5, 0.6) is 11.5 Å². The summed E-state index contributed by atoms with van der Waals surface area (Å²) in [5, 5.41) is 9.45. The molecule has 0 aliphatic rings. The number of ether oxygens (including phenoxy) is 2. The average Bonchev–Trinajstić information content (AvgIpc) is 2.74. The Labute approximate surface area is 173 Å². The van der Waals surface area contributed by atoms with Gasteiger partial charge in [0.2, 0.25) is 0 Å². The lowest BCUT2D eigenvalue weighted by Gasteiger charge is -2.12. The van der Waals surface area contributed by atoms with E-state index in [4.69, 9.17) is 9.47 Å². The molecular weight excluding hydrogens is 393 g/mol. The Morgan fingerprint density at radius 2 is 1.63 bits per heavy atom. The molecule has 1 N–H and O–H groups in total. The minimum absolute atomic E-state index is 0.0400. The lowest BCUT2D eigenvalue weighted by Crippen LogP contribution is -2.05. The van der Waals surface area contributed by atoms with Gasteiger partial charge in [-0.3, -0.25) is 0 Å². The monoisotopic (exact) mass is 414 g/mol. The molecule has 0 amide bonds. The van der Waals surface area contributed by atoms with Crippen molar-refractivity contribution in [1.82, 2.24) is 0 Å². The Morgan fingerprint density at radius 1 is 0.933 bits per heavy atom. The van der Waals surface area contributed by atoms with Gasteiger partial charge in [0.05, 0.1) is 6.10 Å². The first-order chi connectivity index (χ1) is 14.4. The molecule has 3 nitrogen and oxygen atoms in total. The summed E-state index contributed by atoms with van der Waals surface area (Å²) >= 11 is 0. The van der Waals surface area contributed by atoms with Crippen LogP contribution < -0.4 is 9.47 Å². The van der Waals surface area contributed by atoms with Crippen molar-refractivity contribution in [3.63, 3.8) is 0 Å². The van der Waals surface area contributed by atoms with Crippen LogP contribution >= 0.6 is 0 Å². The molecule has 0 aliphatic heterocycles. The quantitative estimate of drug-likeness (QED) is 0.462. The van der Waals surface area contributed by atoms with Crippen molar-refractivity contribution in [2.75, 3.05) is 6.61 Å². The Bertz CT molecular complexity index is 1030. The third-order valence-electron chi connectivity index (χ3n) is 4.51. The number of hydrogen-bond acceptors (Lipinski definition) is 3. The van der Waals surface area contributed by atoms with Crippen molar-refractivity contribution in [3.8, 4) is 22.6 Å². The third-order valence-corrected chi connectivity index (χ3v) is 4.51. The molecule has 1 atom stereocenters. The second-order valence-corrected chi connectivity index (χ2v) is 6.68. The van der Waals surface area contributed by atoms with Gasteiger partial charge in [-0.2, -0.15) is 0 Å². The van der Waals surface area contributed by atoms with E-state index in [2.05, 4.69) is 6.58 Å². The minimum atomic E-state index is -1.10. The van der Waals surface area contributed by atoms with Crippen LogP contribution in [0.25, 0.3) is 11.1 Å². The van der Waals surface area contributed by atoms with Gasteiger partial charge in [-0.1, -0.05) is 43.0 Å². The molecule has 0 aliphatic carbocycles. The van der Waals surface area contributed by atoms with E-state index in [9.17, 15) is 18.3 Å². The topological polar surface area (TPSA) is 38.7 Å². The zero-order valence-corrected chi connectivity index (χ0v) is 16.4. The number of rotatable bonds is 8. The van der Waals surface area contributed by atoms with Gasteiger partial charge in [0.15, 0.2) is 23.2 Å². The van der Waals surface area contributed by atoms with Crippen molar-refractivity contribution in [2.24, 2.45) is 0 Å². The summed E-state index contributed by atoms with van der Waals surface area (Å²) in [6.07, 6.45) is 0.433. The van der Waals surface area contributed by atoms with Crippen LogP contribution in [0.2, 0.25) is 0 Å². The summed E-state index contributed by atoms with van der Waals surface area (Å²) in [5.74, 6) is -2.00. The van der Waals surface area contributed by atoms with Gasteiger partial charge in [-0.15, -0.1) is 0 Å². The Kier molecular flexibility index (Phi) is 6.79. The van der Waals surface area contributed by atoms with Crippen molar-refractivity contribution in [2.45, 2.75) is 19.6 Å². The molecule has 30 heavy (non-hydrogen) atoms. The Balaban J connectivity index is 1.69. The zero-order chi connectivity index (χ0) is 21.7. The van der Waals surface area contributed by atoms with Crippen LogP contribution in [0.3, 0.4) is 0 Å². The van der Waals surface area contributed by atoms with Crippen molar-refractivity contribution < 1.29 is 27.8 Å². The minimum Gasteiger partial charge on any atom is -0.489 e. The Morgan fingerprint density at radius 3 is 2.27 bits per heavy atom. The molecule has 0 saturated heterocycles. The van der Waals surface area contributed by atoms with Gasteiger partial charge < -0.3 is 14.6 Å². The largest absolute Gasteiger partial charge is 0.489 e. The first-order valence-corrected chi connectivity index (χ1v) is 9.32. The highest BCUT2D eigenvalue weighted by Crippen LogP contribution is 2.28. The summed E-state index contributed by atoms with van der Waals surface area (Å²) < 4.78 is 53.0. The molecule has 0 fully saturated rings. The molecule has 0 bridgehead atoms. The van der Waals surface area contributed by atoms with E-state index in [1.807, 2.05) is 0 Å². The maximum atomic E-state index is 14.1. The van der Waals surface area contributed by atoms with E-state index >= 15 is 0 Å². The summed E-state index contributed by atoms with van der Waals surface area (Å²) in [7, 11) is 0. The van der Waals surface area contributed by atoms with E-state index in [1.54, 1.807) is 36.4 Å². The van der Waals surface area contributed by atoms with Gasteiger partial charge >= 0.3 is 0 Å². The fourth-order valence-corrected chi connectivity index (χ4v) is 2.89. The van der Waals surface area contributed by atoms with Crippen molar-refractivity contribution in [3.05, 3.63) is 95.8 Å². The molecule has 156 valence electrons. The first-order valence-electron chi connectivity index (χ1n) is 9.32. The predicted octanol–water partition coefficient (Wildman–Crippen LogP) is 5.97. The fourth-order valence-electron chi connectivity index (χ4n) is 2.89. The highest BCUT2D eigenvalue weighted by Gasteiger charge is 2.16. The SMILES string of the molecule is C=CCOc1ccc(-c2ccc(OCc3ccc(C(C)O)c(F)c3F)cc2)cc1F. The van der Waals surface area contributed by atoms with Crippen LogP contribution in [-0.2, 0) is 6.61 Å². The molecule has 0 heterocycles. The molecule has 1 unspecified atom stereocenters. The van der Waals surface area contributed by atoms with Crippen LogP contribution in [0.15, 0.2) is 67.3 Å². The maximum Gasteiger partial charge on any atom is 0.165 e. The normalized spacial score (nSPS) is 11.8. The number of aliphatic hydroxyl groups is 1. The van der Waals surface area contributed by atoms with E-state index in [-0.39, 0.29) is 30.1 Å². The number of aliphatic hydroxyl groups excluding tert-OH is 1. The molecule has 3 aromatic carbocycles. The van der Waals surface area contributed by atoms with Crippen LogP contribution in [0, 0.1) is 17.5 Å². The van der Waals surface area contributed by atoms with Crippen LogP contribution in [0.4, 0.5) is 13.2 Å². The maximum absolute atomic E-state index is 14.1. The van der Waals surface area contributed by atoms with Crippen molar-refractivity contribution >= 4 is 0 Å².